The number of nitrogens with one attached hydrogen (secondary N) is 1. The van der Waals surface area contributed by atoms with Gasteiger partial charge in [-0.25, -0.2) is 4.79 Å². The molecule has 1 amide bonds. The Labute approximate surface area is 116 Å². The van der Waals surface area contributed by atoms with E-state index in [9.17, 15) is 9.59 Å². The van der Waals surface area contributed by atoms with Crippen molar-refractivity contribution in [1.82, 2.24) is 14.3 Å². The van der Waals surface area contributed by atoms with Gasteiger partial charge in [-0.1, -0.05) is 0 Å². The Bertz CT molecular complexity index is 642. The van der Waals surface area contributed by atoms with Gasteiger partial charge in [-0.2, -0.15) is 5.10 Å². The molecule has 0 aromatic carbocycles. The Kier molecular flexibility index (Phi) is 3.88. The summed E-state index contributed by atoms with van der Waals surface area (Å²) in [4.78, 5) is 23.9. The summed E-state index contributed by atoms with van der Waals surface area (Å²) < 4.78 is 8.04. The molecule has 2 rings (SSSR count). The van der Waals surface area contributed by atoms with Crippen LogP contribution in [0.1, 0.15) is 27.8 Å². The average Bonchev–Trinajstić information content (AvgIpc) is 2.97. The minimum Gasteiger partial charge on any atom is -0.462 e. The quantitative estimate of drug-likeness (QED) is 0.851. The summed E-state index contributed by atoms with van der Waals surface area (Å²) in [6.07, 6.45) is 3.14. The topological polar surface area (TPSA) is 78.2 Å². The maximum Gasteiger partial charge on any atom is 0.343 e. The predicted octanol–water partition coefficient (Wildman–Crippen LogP) is 1.19. The Hall–Kier alpha value is -2.57. The van der Waals surface area contributed by atoms with Crippen LogP contribution in [0.25, 0.3) is 0 Å². The predicted molar refractivity (Wildman–Crippen MR) is 72.5 cm³/mol. The van der Waals surface area contributed by atoms with Crippen molar-refractivity contribution < 1.29 is 14.3 Å². The highest BCUT2D eigenvalue weighted by molar-refractivity contribution is 6.06. The van der Waals surface area contributed by atoms with Crippen molar-refractivity contribution in [3.05, 3.63) is 35.8 Å². The highest BCUT2D eigenvalue weighted by Gasteiger charge is 2.20. The second-order valence-corrected chi connectivity index (χ2v) is 4.21. The summed E-state index contributed by atoms with van der Waals surface area (Å²) in [6, 6.07) is 3.46. The lowest BCUT2D eigenvalue weighted by molar-refractivity contribution is 0.0527. The number of ether oxygens (including phenoxy) is 1. The highest BCUT2D eigenvalue weighted by atomic mass is 16.5. The molecule has 0 unspecified atom stereocenters. The molecule has 0 bridgehead atoms. The summed E-state index contributed by atoms with van der Waals surface area (Å²) in [5.74, 6) is -0.510. The molecule has 0 spiro atoms. The van der Waals surface area contributed by atoms with Gasteiger partial charge in [-0.05, 0) is 19.1 Å². The Morgan fingerprint density at radius 3 is 2.75 bits per heavy atom. The van der Waals surface area contributed by atoms with Crippen LogP contribution in [0.4, 0.5) is 5.82 Å². The number of rotatable bonds is 4. The van der Waals surface area contributed by atoms with Crippen LogP contribution in [0.2, 0.25) is 0 Å². The Morgan fingerprint density at radius 1 is 1.40 bits per heavy atom. The van der Waals surface area contributed by atoms with Gasteiger partial charge in [0, 0.05) is 20.3 Å². The fourth-order valence-corrected chi connectivity index (χ4v) is 1.81. The summed E-state index contributed by atoms with van der Waals surface area (Å²) >= 11 is 0. The first-order valence-electron chi connectivity index (χ1n) is 6.16. The van der Waals surface area contributed by atoms with E-state index in [0.717, 1.165) is 0 Å². The fourth-order valence-electron chi connectivity index (χ4n) is 1.81. The van der Waals surface area contributed by atoms with Gasteiger partial charge in [-0.3, -0.25) is 9.48 Å². The standard InChI is InChI=1S/C13H16N4O3/c1-4-20-13(19)9-8-14-17(3)11(9)15-12(18)10-6-5-7-16(10)2/h5-8H,4H2,1-3H3,(H,15,18). The van der Waals surface area contributed by atoms with Crippen LogP contribution in [0.15, 0.2) is 24.5 Å². The van der Waals surface area contributed by atoms with Crippen molar-refractivity contribution in [2.24, 2.45) is 14.1 Å². The van der Waals surface area contributed by atoms with E-state index >= 15 is 0 Å². The minimum absolute atomic E-state index is 0.233. The van der Waals surface area contributed by atoms with Gasteiger partial charge in [0.25, 0.3) is 5.91 Å². The van der Waals surface area contributed by atoms with E-state index in [1.54, 1.807) is 43.9 Å². The third-order valence-electron chi connectivity index (χ3n) is 2.84. The molecule has 2 heterocycles. The lowest BCUT2D eigenvalue weighted by Gasteiger charge is -2.08. The van der Waals surface area contributed by atoms with Gasteiger partial charge in [0.05, 0.1) is 12.8 Å². The first kappa shape index (κ1) is 13.9. The van der Waals surface area contributed by atoms with Crippen molar-refractivity contribution in [3.8, 4) is 0 Å². The van der Waals surface area contributed by atoms with E-state index in [2.05, 4.69) is 10.4 Å². The fraction of sp³-hybridized carbons (Fsp3) is 0.308. The molecule has 2 aromatic heterocycles. The molecule has 0 aliphatic rings. The van der Waals surface area contributed by atoms with Crippen molar-refractivity contribution in [3.63, 3.8) is 0 Å². The number of carbonyl (C=O) groups is 2. The Morgan fingerprint density at radius 2 is 2.15 bits per heavy atom. The summed E-state index contributed by atoms with van der Waals surface area (Å²) in [5.41, 5.74) is 0.720. The van der Waals surface area contributed by atoms with Gasteiger partial charge in [0.15, 0.2) is 0 Å². The molecule has 1 N–H and O–H groups in total. The molecule has 0 atom stereocenters. The molecule has 7 heteroatoms. The number of hydrogen-bond acceptors (Lipinski definition) is 4. The zero-order valence-corrected chi connectivity index (χ0v) is 11.6. The molecule has 106 valence electrons. The normalized spacial score (nSPS) is 10.3. The lowest BCUT2D eigenvalue weighted by Crippen LogP contribution is -2.19. The molecule has 0 radical (unpaired) electrons. The number of aryl methyl sites for hydroxylation is 2. The monoisotopic (exact) mass is 276 g/mol. The van der Waals surface area contributed by atoms with Crippen LogP contribution < -0.4 is 5.32 Å². The van der Waals surface area contributed by atoms with Crippen LogP contribution in [0, 0.1) is 0 Å². The van der Waals surface area contributed by atoms with Crippen molar-refractivity contribution >= 4 is 17.7 Å². The third-order valence-corrected chi connectivity index (χ3v) is 2.84. The van der Waals surface area contributed by atoms with Gasteiger partial charge < -0.3 is 14.6 Å². The maximum absolute atomic E-state index is 12.2. The van der Waals surface area contributed by atoms with Gasteiger partial charge in [0.1, 0.15) is 17.1 Å². The van der Waals surface area contributed by atoms with Gasteiger partial charge in [-0.15, -0.1) is 0 Å². The van der Waals surface area contributed by atoms with E-state index < -0.39 is 5.97 Å². The molecule has 0 aliphatic carbocycles. The van der Waals surface area contributed by atoms with E-state index in [-0.39, 0.29) is 18.1 Å². The van der Waals surface area contributed by atoms with E-state index in [4.69, 9.17) is 4.74 Å². The molecule has 0 saturated heterocycles. The third kappa shape index (κ3) is 2.56. The number of hydrogen-bond donors (Lipinski definition) is 1. The van der Waals surface area contributed by atoms with Gasteiger partial charge in [0.2, 0.25) is 0 Å². The van der Waals surface area contributed by atoms with E-state index in [0.29, 0.717) is 11.5 Å². The first-order chi connectivity index (χ1) is 9.54. The smallest absolute Gasteiger partial charge is 0.343 e. The van der Waals surface area contributed by atoms with E-state index in [1.807, 2.05) is 0 Å². The first-order valence-corrected chi connectivity index (χ1v) is 6.16. The zero-order chi connectivity index (χ0) is 14.7. The molecular formula is C13H16N4O3. The number of aromatic nitrogens is 3. The molecule has 20 heavy (non-hydrogen) atoms. The summed E-state index contributed by atoms with van der Waals surface area (Å²) in [5, 5.41) is 6.65. The van der Waals surface area contributed by atoms with Crippen molar-refractivity contribution in [2.75, 3.05) is 11.9 Å². The molecule has 0 aliphatic heterocycles. The number of esters is 1. The maximum atomic E-state index is 12.2. The molecular weight excluding hydrogens is 260 g/mol. The van der Waals surface area contributed by atoms with E-state index in [1.165, 1.54) is 10.9 Å². The van der Waals surface area contributed by atoms with Crippen LogP contribution >= 0.6 is 0 Å². The lowest BCUT2D eigenvalue weighted by atomic mass is 10.3. The van der Waals surface area contributed by atoms with Crippen LogP contribution in [-0.4, -0.2) is 32.8 Å². The number of amides is 1. The minimum atomic E-state index is -0.511. The second kappa shape index (κ2) is 5.60. The second-order valence-electron chi connectivity index (χ2n) is 4.21. The van der Waals surface area contributed by atoms with Crippen molar-refractivity contribution in [2.45, 2.75) is 6.92 Å². The molecule has 2 aromatic rings. The summed E-state index contributed by atoms with van der Waals surface area (Å²) in [6.45, 7) is 1.98. The Balaban J connectivity index is 2.25. The van der Waals surface area contributed by atoms with Crippen LogP contribution in [0.5, 0.6) is 0 Å². The molecule has 0 saturated carbocycles. The van der Waals surface area contributed by atoms with Crippen LogP contribution in [-0.2, 0) is 18.8 Å². The zero-order valence-electron chi connectivity index (χ0n) is 11.6. The van der Waals surface area contributed by atoms with Gasteiger partial charge >= 0.3 is 5.97 Å². The SMILES string of the molecule is CCOC(=O)c1cnn(C)c1NC(=O)c1cccn1C. The molecule has 7 nitrogen and oxygen atoms in total. The average molecular weight is 276 g/mol. The summed E-state index contributed by atoms with van der Waals surface area (Å²) in [7, 11) is 3.41. The highest BCUT2D eigenvalue weighted by Crippen LogP contribution is 2.16. The number of carbonyl (C=O) groups excluding carboxylic acids is 2. The van der Waals surface area contributed by atoms with Crippen LogP contribution in [0.3, 0.4) is 0 Å². The molecule has 0 fully saturated rings. The number of anilines is 1. The largest absolute Gasteiger partial charge is 0.462 e. The van der Waals surface area contributed by atoms with Crippen molar-refractivity contribution in [1.29, 1.82) is 0 Å². The number of nitrogens with zero attached hydrogens (tertiary/aromatic N) is 3.